The zero-order chi connectivity index (χ0) is 9.26. The lowest BCUT2D eigenvalue weighted by Gasteiger charge is -2.04. The van der Waals surface area contributed by atoms with E-state index in [4.69, 9.17) is 5.11 Å². The Labute approximate surface area is 81.8 Å². The average Bonchev–Trinajstić information content (AvgIpc) is 2.72. The van der Waals surface area contributed by atoms with Gasteiger partial charge in [0, 0.05) is 17.3 Å². The maximum atomic E-state index is 8.95. The van der Waals surface area contributed by atoms with Gasteiger partial charge in [-0.15, -0.1) is 11.3 Å². The molecule has 0 spiro atoms. The average molecular weight is 198 g/mol. The molecule has 0 bridgehead atoms. The van der Waals surface area contributed by atoms with Gasteiger partial charge in [-0.25, -0.2) is 4.98 Å². The predicted octanol–water partition coefficient (Wildman–Crippen LogP) is 1.02. The third-order valence-corrected chi connectivity index (χ3v) is 3.43. The second kappa shape index (κ2) is 3.74. The fraction of sp³-hybridized carbons (Fsp3) is 0.667. The van der Waals surface area contributed by atoms with Gasteiger partial charge in [-0.2, -0.15) is 0 Å². The molecule has 2 N–H and O–H groups in total. The third-order valence-electron chi connectivity index (χ3n) is 2.46. The van der Waals surface area contributed by atoms with Crippen LogP contribution < -0.4 is 5.32 Å². The van der Waals surface area contributed by atoms with Crippen LogP contribution in [0.5, 0.6) is 0 Å². The van der Waals surface area contributed by atoms with Gasteiger partial charge in [0.2, 0.25) is 0 Å². The molecule has 13 heavy (non-hydrogen) atoms. The topological polar surface area (TPSA) is 45.2 Å². The molecule has 1 saturated heterocycles. The second-order valence-electron chi connectivity index (χ2n) is 3.40. The van der Waals surface area contributed by atoms with Crippen molar-refractivity contribution in [2.45, 2.75) is 25.9 Å². The van der Waals surface area contributed by atoms with Gasteiger partial charge in [-0.1, -0.05) is 0 Å². The third kappa shape index (κ3) is 1.75. The summed E-state index contributed by atoms with van der Waals surface area (Å²) in [5, 5.41) is 13.1. The van der Waals surface area contributed by atoms with Crippen LogP contribution >= 0.6 is 11.3 Å². The number of thiazole rings is 1. The Hall–Kier alpha value is -0.450. The Morgan fingerprint density at radius 1 is 1.69 bits per heavy atom. The maximum absolute atomic E-state index is 8.95. The maximum Gasteiger partial charge on any atom is 0.119 e. The lowest BCUT2D eigenvalue weighted by atomic mass is 10.0. The molecule has 1 aromatic rings. The van der Waals surface area contributed by atoms with Crippen LogP contribution in [0, 0.1) is 6.92 Å². The van der Waals surface area contributed by atoms with Crippen molar-refractivity contribution >= 4 is 11.3 Å². The van der Waals surface area contributed by atoms with Crippen molar-refractivity contribution in [3.05, 3.63) is 15.6 Å². The smallest absolute Gasteiger partial charge is 0.119 e. The van der Waals surface area contributed by atoms with E-state index in [0.717, 1.165) is 18.1 Å². The fourth-order valence-corrected chi connectivity index (χ4v) is 2.68. The summed E-state index contributed by atoms with van der Waals surface area (Å²) in [5.41, 5.74) is 1.19. The highest BCUT2D eigenvalue weighted by Crippen LogP contribution is 2.28. The van der Waals surface area contributed by atoms with Crippen molar-refractivity contribution < 1.29 is 5.11 Å². The van der Waals surface area contributed by atoms with Crippen LogP contribution in [-0.2, 0) is 6.61 Å². The molecule has 4 heteroatoms. The number of nitrogens with zero attached hydrogens (tertiary/aromatic N) is 1. The van der Waals surface area contributed by atoms with E-state index < -0.39 is 0 Å². The monoisotopic (exact) mass is 198 g/mol. The van der Waals surface area contributed by atoms with E-state index in [0.29, 0.717) is 5.92 Å². The molecule has 1 aromatic heterocycles. The van der Waals surface area contributed by atoms with Crippen LogP contribution in [0.2, 0.25) is 0 Å². The molecule has 3 nitrogen and oxygen atoms in total. The molecule has 0 aliphatic carbocycles. The molecule has 1 aliphatic heterocycles. The Morgan fingerprint density at radius 2 is 2.54 bits per heavy atom. The van der Waals surface area contributed by atoms with Gasteiger partial charge in [0.1, 0.15) is 5.01 Å². The molecule has 0 amide bonds. The Balaban J connectivity index is 2.22. The first-order valence-corrected chi connectivity index (χ1v) is 5.40. The van der Waals surface area contributed by atoms with Crippen molar-refractivity contribution in [1.82, 2.24) is 10.3 Å². The van der Waals surface area contributed by atoms with Crippen molar-refractivity contribution in [2.24, 2.45) is 0 Å². The van der Waals surface area contributed by atoms with Crippen LogP contribution in [0.15, 0.2) is 0 Å². The molecule has 1 fully saturated rings. The summed E-state index contributed by atoms with van der Waals surface area (Å²) in [6.45, 7) is 4.29. The molecular formula is C9H14N2OS. The van der Waals surface area contributed by atoms with Crippen LogP contribution in [-0.4, -0.2) is 23.2 Å². The largest absolute Gasteiger partial charge is 0.389 e. The van der Waals surface area contributed by atoms with Gasteiger partial charge in [0.25, 0.3) is 0 Å². The van der Waals surface area contributed by atoms with Crippen molar-refractivity contribution in [3.8, 4) is 0 Å². The molecule has 2 heterocycles. The second-order valence-corrected chi connectivity index (χ2v) is 4.68. The quantitative estimate of drug-likeness (QED) is 0.746. The molecule has 0 radical (unpaired) electrons. The molecule has 1 aliphatic rings. The van der Waals surface area contributed by atoms with Gasteiger partial charge in [0.15, 0.2) is 0 Å². The van der Waals surface area contributed by atoms with E-state index in [1.54, 1.807) is 11.3 Å². The SMILES string of the molecule is Cc1sc(CO)nc1C1CCNC1. The summed E-state index contributed by atoms with van der Waals surface area (Å²) >= 11 is 1.61. The summed E-state index contributed by atoms with van der Waals surface area (Å²) in [6.07, 6.45) is 1.18. The van der Waals surface area contributed by atoms with E-state index in [1.165, 1.54) is 17.0 Å². The van der Waals surface area contributed by atoms with E-state index in [9.17, 15) is 0 Å². The molecule has 1 unspecified atom stereocenters. The summed E-state index contributed by atoms with van der Waals surface area (Å²) in [7, 11) is 0. The lowest BCUT2D eigenvalue weighted by Crippen LogP contribution is -2.08. The van der Waals surface area contributed by atoms with Crippen LogP contribution in [0.25, 0.3) is 0 Å². The van der Waals surface area contributed by atoms with E-state index in [-0.39, 0.29) is 6.61 Å². The summed E-state index contributed by atoms with van der Waals surface area (Å²) < 4.78 is 0. The fourth-order valence-electron chi connectivity index (χ4n) is 1.80. The first-order valence-electron chi connectivity index (χ1n) is 4.59. The van der Waals surface area contributed by atoms with Crippen LogP contribution in [0.3, 0.4) is 0 Å². The highest BCUT2D eigenvalue weighted by atomic mass is 32.1. The number of hydrogen-bond acceptors (Lipinski definition) is 4. The lowest BCUT2D eigenvalue weighted by molar-refractivity contribution is 0.281. The zero-order valence-corrected chi connectivity index (χ0v) is 8.52. The number of aliphatic hydroxyl groups is 1. The van der Waals surface area contributed by atoms with Crippen molar-refractivity contribution in [2.75, 3.05) is 13.1 Å². The minimum absolute atomic E-state index is 0.0751. The molecule has 0 aromatic carbocycles. The van der Waals surface area contributed by atoms with E-state index >= 15 is 0 Å². The van der Waals surface area contributed by atoms with Crippen LogP contribution in [0.1, 0.15) is 27.9 Å². The highest BCUT2D eigenvalue weighted by molar-refractivity contribution is 7.11. The minimum Gasteiger partial charge on any atom is -0.389 e. The van der Waals surface area contributed by atoms with Gasteiger partial charge in [0.05, 0.1) is 12.3 Å². The minimum atomic E-state index is 0.0751. The summed E-state index contributed by atoms with van der Waals surface area (Å²) in [5.74, 6) is 0.566. The highest BCUT2D eigenvalue weighted by Gasteiger charge is 2.21. The Morgan fingerprint density at radius 3 is 3.08 bits per heavy atom. The summed E-state index contributed by atoms with van der Waals surface area (Å²) in [6, 6.07) is 0. The number of aryl methyl sites for hydroxylation is 1. The standard InChI is InChI=1S/C9H14N2OS/c1-6-9(7-2-3-10-4-7)11-8(5-12)13-6/h7,10,12H,2-5H2,1H3. The molecule has 0 saturated carbocycles. The van der Waals surface area contributed by atoms with Crippen molar-refractivity contribution in [1.29, 1.82) is 0 Å². The Bertz CT molecular complexity index is 292. The van der Waals surface area contributed by atoms with Gasteiger partial charge >= 0.3 is 0 Å². The van der Waals surface area contributed by atoms with Gasteiger partial charge in [-0.05, 0) is 19.9 Å². The molecular weight excluding hydrogens is 184 g/mol. The van der Waals surface area contributed by atoms with Crippen molar-refractivity contribution in [3.63, 3.8) is 0 Å². The molecule has 72 valence electrons. The molecule has 2 rings (SSSR count). The number of aromatic nitrogens is 1. The van der Waals surface area contributed by atoms with E-state index in [1.807, 2.05) is 0 Å². The number of hydrogen-bond donors (Lipinski definition) is 2. The predicted molar refractivity (Wildman–Crippen MR) is 53.0 cm³/mol. The summed E-state index contributed by atoms with van der Waals surface area (Å²) in [4.78, 5) is 5.70. The number of rotatable bonds is 2. The van der Waals surface area contributed by atoms with Crippen LogP contribution in [0.4, 0.5) is 0 Å². The normalized spacial score (nSPS) is 22.5. The first-order chi connectivity index (χ1) is 6.31. The Kier molecular flexibility index (Phi) is 2.62. The molecule has 1 atom stereocenters. The van der Waals surface area contributed by atoms with Gasteiger partial charge < -0.3 is 10.4 Å². The first kappa shape index (κ1) is 9.12. The number of aliphatic hydroxyl groups excluding tert-OH is 1. The van der Waals surface area contributed by atoms with Gasteiger partial charge in [-0.3, -0.25) is 0 Å². The number of nitrogens with one attached hydrogen (secondary N) is 1. The van der Waals surface area contributed by atoms with E-state index in [2.05, 4.69) is 17.2 Å². The zero-order valence-electron chi connectivity index (χ0n) is 7.71.